The fraction of sp³-hybridized carbons (Fsp3) is 0.318. The minimum Gasteiger partial charge on any atom is -0.357 e. The Labute approximate surface area is 202 Å². The Bertz CT molecular complexity index is 1420. The molecule has 5 rings (SSSR count). The molecule has 8 nitrogen and oxygen atoms in total. The predicted molar refractivity (Wildman–Crippen MR) is 135 cm³/mol. The summed E-state index contributed by atoms with van der Waals surface area (Å²) < 4.78 is 0.816. The van der Waals surface area contributed by atoms with Gasteiger partial charge in [0.1, 0.15) is 10.7 Å². The lowest BCUT2D eigenvalue weighted by molar-refractivity contribution is 0.103. The maximum atomic E-state index is 13.0. The van der Waals surface area contributed by atoms with Gasteiger partial charge in [0.15, 0.2) is 4.34 Å². The van der Waals surface area contributed by atoms with Gasteiger partial charge in [0.05, 0.1) is 16.0 Å². The summed E-state index contributed by atoms with van der Waals surface area (Å²) in [5.74, 6) is 0.777. The van der Waals surface area contributed by atoms with E-state index < -0.39 is 0 Å². The first-order chi connectivity index (χ1) is 15.9. The Morgan fingerprint density at radius 1 is 1.21 bits per heavy atom. The Kier molecular flexibility index (Phi) is 5.94. The van der Waals surface area contributed by atoms with Gasteiger partial charge in [0.25, 0.3) is 11.5 Å². The van der Waals surface area contributed by atoms with Gasteiger partial charge in [-0.15, -0.1) is 21.5 Å². The molecule has 0 saturated heterocycles. The summed E-state index contributed by atoms with van der Waals surface area (Å²) in [5.41, 5.74) is 3.29. The van der Waals surface area contributed by atoms with Crippen molar-refractivity contribution in [3.8, 4) is 0 Å². The predicted octanol–water partition coefficient (Wildman–Crippen LogP) is 4.88. The third-order valence-corrected chi connectivity index (χ3v) is 8.51. The summed E-state index contributed by atoms with van der Waals surface area (Å²) in [6.07, 6.45) is 2.36. The van der Waals surface area contributed by atoms with Crippen LogP contribution in [0.15, 0.2) is 27.3 Å². The van der Waals surface area contributed by atoms with Gasteiger partial charge in [0, 0.05) is 11.7 Å². The molecular formula is C22H22N6O2S3. The molecule has 1 aliphatic rings. The highest BCUT2D eigenvalue weighted by atomic mass is 32.2. The first kappa shape index (κ1) is 22.1. The van der Waals surface area contributed by atoms with Gasteiger partial charge >= 0.3 is 0 Å². The number of benzene rings is 1. The molecule has 0 radical (unpaired) electrons. The minimum absolute atomic E-state index is 0.233. The number of hydrogen-bond acceptors (Lipinski definition) is 9. The number of aromatic nitrogens is 4. The van der Waals surface area contributed by atoms with E-state index in [-0.39, 0.29) is 11.5 Å². The minimum atomic E-state index is -0.234. The normalized spacial score (nSPS) is 13.4. The van der Waals surface area contributed by atoms with Crippen LogP contribution in [0.25, 0.3) is 10.2 Å². The van der Waals surface area contributed by atoms with Gasteiger partial charge < -0.3 is 15.6 Å². The zero-order valence-electron chi connectivity index (χ0n) is 18.3. The second kappa shape index (κ2) is 8.88. The molecule has 3 N–H and O–H groups in total. The molecule has 1 aromatic carbocycles. The average Bonchev–Trinajstić information content (AvgIpc) is 3.36. The SMILES string of the molecule is Cc1ccc(NC(=O)c2sc3nc(CSc4nnc(NC5CC5)s4)[nH]c(=O)c3c2C)c(C)c1. The Balaban J connectivity index is 1.34. The standard InChI is InChI=1S/C22H22N6O2S3/c1-10-4-7-14(11(2)8-10)24-19(30)17-12(3)16-18(29)25-15(26-20(16)32-17)9-31-22-28-27-21(33-22)23-13-5-6-13/h4,7-8,13H,5-6,9H2,1-3H3,(H,23,27)(H,24,30)(H,25,26,29). The number of aromatic amines is 1. The number of H-pyrrole nitrogens is 1. The molecule has 33 heavy (non-hydrogen) atoms. The number of rotatable bonds is 7. The van der Waals surface area contributed by atoms with E-state index >= 15 is 0 Å². The number of thiophene rings is 1. The van der Waals surface area contributed by atoms with E-state index in [4.69, 9.17) is 0 Å². The van der Waals surface area contributed by atoms with E-state index in [1.54, 1.807) is 6.92 Å². The van der Waals surface area contributed by atoms with Crippen LogP contribution in [0.4, 0.5) is 10.8 Å². The lowest BCUT2D eigenvalue weighted by atomic mass is 10.1. The number of nitrogens with one attached hydrogen (secondary N) is 3. The second-order valence-electron chi connectivity index (χ2n) is 8.10. The van der Waals surface area contributed by atoms with Crippen molar-refractivity contribution in [1.29, 1.82) is 0 Å². The summed E-state index contributed by atoms with van der Waals surface area (Å²) in [7, 11) is 0. The Morgan fingerprint density at radius 2 is 2.03 bits per heavy atom. The molecule has 11 heteroatoms. The van der Waals surface area contributed by atoms with E-state index in [0.29, 0.717) is 38.3 Å². The van der Waals surface area contributed by atoms with Crippen molar-refractivity contribution < 1.29 is 4.79 Å². The van der Waals surface area contributed by atoms with Crippen LogP contribution in [-0.4, -0.2) is 32.1 Å². The summed E-state index contributed by atoms with van der Waals surface area (Å²) in [6.45, 7) is 5.76. The lowest BCUT2D eigenvalue weighted by Gasteiger charge is -2.08. The Hall–Kier alpha value is -2.76. The van der Waals surface area contributed by atoms with Crippen LogP contribution in [-0.2, 0) is 5.75 Å². The molecule has 1 saturated carbocycles. The molecule has 1 amide bonds. The fourth-order valence-corrected chi connectivity index (χ4v) is 6.26. The van der Waals surface area contributed by atoms with Crippen LogP contribution >= 0.6 is 34.4 Å². The molecule has 0 unspecified atom stereocenters. The van der Waals surface area contributed by atoms with Crippen molar-refractivity contribution in [3.63, 3.8) is 0 Å². The second-order valence-corrected chi connectivity index (χ2v) is 11.3. The number of carbonyl (C=O) groups excluding carboxylic acids is 1. The highest BCUT2D eigenvalue weighted by Gasteiger charge is 2.23. The van der Waals surface area contributed by atoms with Crippen LogP contribution in [0.2, 0.25) is 0 Å². The van der Waals surface area contributed by atoms with Crippen LogP contribution in [0, 0.1) is 20.8 Å². The number of amides is 1. The number of carbonyl (C=O) groups is 1. The number of thioether (sulfide) groups is 1. The molecule has 1 fully saturated rings. The quantitative estimate of drug-likeness (QED) is 0.311. The number of aryl methyl sites for hydroxylation is 3. The van der Waals surface area contributed by atoms with Crippen LogP contribution in [0.5, 0.6) is 0 Å². The van der Waals surface area contributed by atoms with Gasteiger partial charge in [-0.1, -0.05) is 40.8 Å². The topological polar surface area (TPSA) is 113 Å². The molecule has 0 atom stereocenters. The molecule has 0 aliphatic heterocycles. The van der Waals surface area contributed by atoms with Crippen molar-refractivity contribution in [2.24, 2.45) is 0 Å². The van der Waals surface area contributed by atoms with E-state index in [9.17, 15) is 9.59 Å². The first-order valence-electron chi connectivity index (χ1n) is 10.5. The summed E-state index contributed by atoms with van der Waals surface area (Å²) in [5, 5.41) is 15.9. The molecule has 0 bridgehead atoms. The van der Waals surface area contributed by atoms with E-state index in [2.05, 4.69) is 30.8 Å². The van der Waals surface area contributed by atoms with Crippen molar-refractivity contribution in [2.75, 3.05) is 10.6 Å². The number of anilines is 2. The third-order valence-electron chi connectivity index (χ3n) is 5.33. The van der Waals surface area contributed by atoms with E-state index in [1.165, 1.54) is 47.3 Å². The van der Waals surface area contributed by atoms with Crippen LogP contribution in [0.3, 0.4) is 0 Å². The maximum Gasteiger partial charge on any atom is 0.266 e. The zero-order chi connectivity index (χ0) is 23.1. The Morgan fingerprint density at radius 3 is 2.79 bits per heavy atom. The van der Waals surface area contributed by atoms with E-state index in [1.807, 2.05) is 32.0 Å². The van der Waals surface area contributed by atoms with Gasteiger partial charge in [-0.05, 0) is 50.8 Å². The number of hydrogen-bond donors (Lipinski definition) is 3. The van der Waals surface area contributed by atoms with Gasteiger partial charge in [-0.25, -0.2) is 4.98 Å². The summed E-state index contributed by atoms with van der Waals surface area (Å²) in [4.78, 5) is 34.3. The third kappa shape index (κ3) is 4.80. The first-order valence-corrected chi connectivity index (χ1v) is 13.1. The van der Waals surface area contributed by atoms with Crippen LogP contribution < -0.4 is 16.2 Å². The van der Waals surface area contributed by atoms with Crippen molar-refractivity contribution in [1.82, 2.24) is 20.2 Å². The molecule has 4 aromatic rings. The average molecular weight is 499 g/mol. The van der Waals surface area contributed by atoms with Crippen molar-refractivity contribution in [3.05, 3.63) is 55.9 Å². The number of fused-ring (bicyclic) bond motifs is 1. The van der Waals surface area contributed by atoms with Crippen molar-refractivity contribution in [2.45, 2.75) is 49.7 Å². The van der Waals surface area contributed by atoms with Crippen molar-refractivity contribution >= 4 is 61.4 Å². The van der Waals surface area contributed by atoms with Gasteiger partial charge in [-0.3, -0.25) is 9.59 Å². The van der Waals surface area contributed by atoms with Crippen LogP contribution in [0.1, 0.15) is 45.0 Å². The fourth-order valence-electron chi connectivity index (χ4n) is 3.47. The zero-order valence-corrected chi connectivity index (χ0v) is 20.8. The lowest BCUT2D eigenvalue weighted by Crippen LogP contribution is -2.13. The highest BCUT2D eigenvalue weighted by Crippen LogP contribution is 2.32. The van der Waals surface area contributed by atoms with Gasteiger partial charge in [-0.2, -0.15) is 0 Å². The smallest absolute Gasteiger partial charge is 0.266 e. The largest absolute Gasteiger partial charge is 0.357 e. The van der Waals surface area contributed by atoms with E-state index in [0.717, 1.165) is 26.3 Å². The molecule has 1 aliphatic carbocycles. The molecular weight excluding hydrogens is 476 g/mol. The summed E-state index contributed by atoms with van der Waals surface area (Å²) >= 11 is 4.22. The summed E-state index contributed by atoms with van der Waals surface area (Å²) in [6, 6.07) is 6.40. The highest BCUT2D eigenvalue weighted by molar-refractivity contribution is 8.00. The molecule has 170 valence electrons. The monoisotopic (exact) mass is 498 g/mol. The van der Waals surface area contributed by atoms with Gasteiger partial charge in [0.2, 0.25) is 5.13 Å². The maximum absolute atomic E-state index is 13.0. The number of nitrogens with zero attached hydrogens (tertiary/aromatic N) is 3. The molecule has 0 spiro atoms. The molecule has 3 heterocycles. The molecule has 3 aromatic heterocycles.